The van der Waals surface area contributed by atoms with Gasteiger partial charge < -0.3 is 14.5 Å². The fourth-order valence-corrected chi connectivity index (χ4v) is 3.76. The van der Waals surface area contributed by atoms with Crippen LogP contribution in [0.25, 0.3) is 11.0 Å². The number of nitrogens with one attached hydrogen (secondary N) is 1. The molecular formula is C19H23N5O. The highest BCUT2D eigenvalue weighted by molar-refractivity contribution is 5.93. The van der Waals surface area contributed by atoms with Crippen molar-refractivity contribution in [3.8, 4) is 0 Å². The first kappa shape index (κ1) is 15.9. The molecule has 1 aromatic carbocycles. The Balaban J connectivity index is 1.57. The van der Waals surface area contributed by atoms with Gasteiger partial charge >= 0.3 is 0 Å². The maximum Gasteiger partial charge on any atom is 0.272 e. The monoisotopic (exact) mass is 337 g/mol. The Hall–Kier alpha value is -2.63. The summed E-state index contributed by atoms with van der Waals surface area (Å²) in [5.74, 6) is 1.70. The van der Waals surface area contributed by atoms with Crippen molar-refractivity contribution in [2.45, 2.75) is 52.7 Å². The van der Waals surface area contributed by atoms with E-state index in [-0.39, 0.29) is 5.91 Å². The number of imidazole rings is 2. The first-order valence-corrected chi connectivity index (χ1v) is 8.97. The third-order valence-electron chi connectivity index (χ3n) is 4.98. The van der Waals surface area contributed by atoms with Crippen LogP contribution in [0.5, 0.6) is 0 Å². The number of hydrogen-bond acceptors (Lipinski definition) is 3. The average molecular weight is 337 g/mol. The van der Waals surface area contributed by atoms with Crippen LogP contribution in [0.3, 0.4) is 0 Å². The molecule has 6 heteroatoms. The van der Waals surface area contributed by atoms with Crippen molar-refractivity contribution in [1.82, 2.24) is 24.4 Å². The van der Waals surface area contributed by atoms with Crippen molar-refractivity contribution in [3.05, 3.63) is 47.3 Å². The third-order valence-corrected chi connectivity index (χ3v) is 4.98. The summed E-state index contributed by atoms with van der Waals surface area (Å²) in [6.45, 7) is 6.27. The highest BCUT2D eigenvalue weighted by atomic mass is 16.1. The summed E-state index contributed by atoms with van der Waals surface area (Å²) in [5, 5.41) is 3.02. The summed E-state index contributed by atoms with van der Waals surface area (Å²) in [7, 11) is 0. The van der Waals surface area contributed by atoms with Gasteiger partial charge in [-0.1, -0.05) is 12.1 Å². The molecule has 3 heterocycles. The first-order chi connectivity index (χ1) is 12.2. The SMILES string of the molecule is CCn1c(CNC(=O)c2nc(C)n3c2CCCC3)nc2ccccc21. The van der Waals surface area contributed by atoms with Gasteiger partial charge in [0.05, 0.1) is 23.3 Å². The average Bonchev–Trinajstić information content (AvgIpc) is 3.17. The zero-order chi connectivity index (χ0) is 17.4. The van der Waals surface area contributed by atoms with Gasteiger partial charge in [0, 0.05) is 13.1 Å². The number of carbonyl (C=O) groups excluding carboxylic acids is 1. The molecule has 130 valence electrons. The topological polar surface area (TPSA) is 64.7 Å². The van der Waals surface area contributed by atoms with Crippen LogP contribution in [0, 0.1) is 6.92 Å². The third kappa shape index (κ3) is 2.71. The number of amides is 1. The van der Waals surface area contributed by atoms with Gasteiger partial charge in [-0.05, 0) is 45.2 Å². The molecule has 1 amide bonds. The molecule has 0 saturated carbocycles. The molecule has 4 rings (SSSR count). The molecule has 0 spiro atoms. The number of para-hydroxylation sites is 2. The number of benzene rings is 1. The Morgan fingerprint density at radius 3 is 2.92 bits per heavy atom. The molecule has 0 saturated heterocycles. The van der Waals surface area contributed by atoms with Gasteiger partial charge in [0.1, 0.15) is 17.3 Å². The molecule has 25 heavy (non-hydrogen) atoms. The lowest BCUT2D eigenvalue weighted by atomic mass is 10.1. The molecule has 0 unspecified atom stereocenters. The summed E-state index contributed by atoms with van der Waals surface area (Å²) >= 11 is 0. The number of hydrogen-bond donors (Lipinski definition) is 1. The fourth-order valence-electron chi connectivity index (χ4n) is 3.76. The number of carbonyl (C=O) groups is 1. The molecule has 0 fully saturated rings. The van der Waals surface area contributed by atoms with Crippen LogP contribution in [0.1, 0.15) is 47.6 Å². The van der Waals surface area contributed by atoms with E-state index in [1.807, 2.05) is 25.1 Å². The fraction of sp³-hybridized carbons (Fsp3) is 0.421. The van der Waals surface area contributed by atoms with E-state index in [2.05, 4.69) is 37.4 Å². The lowest BCUT2D eigenvalue weighted by Gasteiger charge is -2.16. The normalized spacial score (nSPS) is 13.8. The van der Waals surface area contributed by atoms with Crippen molar-refractivity contribution >= 4 is 16.9 Å². The maximum absolute atomic E-state index is 12.7. The lowest BCUT2D eigenvalue weighted by molar-refractivity contribution is 0.0943. The van der Waals surface area contributed by atoms with E-state index in [1.165, 1.54) is 0 Å². The van der Waals surface area contributed by atoms with Gasteiger partial charge in [-0.2, -0.15) is 0 Å². The largest absolute Gasteiger partial charge is 0.343 e. The molecule has 2 aromatic heterocycles. The number of nitrogens with zero attached hydrogens (tertiary/aromatic N) is 4. The molecule has 1 aliphatic heterocycles. The minimum Gasteiger partial charge on any atom is -0.343 e. The van der Waals surface area contributed by atoms with Crippen LogP contribution in [0.2, 0.25) is 0 Å². The van der Waals surface area contributed by atoms with E-state index in [1.54, 1.807) is 0 Å². The smallest absolute Gasteiger partial charge is 0.272 e. The second-order valence-electron chi connectivity index (χ2n) is 6.51. The van der Waals surface area contributed by atoms with Gasteiger partial charge in [0.15, 0.2) is 0 Å². The van der Waals surface area contributed by atoms with E-state index in [9.17, 15) is 4.79 Å². The Bertz CT molecular complexity index is 937. The van der Waals surface area contributed by atoms with E-state index in [0.29, 0.717) is 12.2 Å². The summed E-state index contributed by atoms with van der Waals surface area (Å²) in [6, 6.07) is 8.06. The molecule has 3 aromatic rings. The number of rotatable bonds is 4. The lowest BCUT2D eigenvalue weighted by Crippen LogP contribution is -2.26. The minimum absolute atomic E-state index is 0.103. The summed E-state index contributed by atoms with van der Waals surface area (Å²) in [4.78, 5) is 21.9. The standard InChI is InChI=1S/C19H23N5O/c1-3-23-15-9-5-4-8-14(15)22-17(23)12-20-19(25)18-16-10-6-7-11-24(16)13(2)21-18/h4-5,8-9H,3,6-7,10-12H2,1-2H3,(H,20,25). The van der Waals surface area contributed by atoms with Crippen LogP contribution in [-0.2, 0) is 26.1 Å². The molecule has 6 nitrogen and oxygen atoms in total. The van der Waals surface area contributed by atoms with E-state index >= 15 is 0 Å². The van der Waals surface area contributed by atoms with E-state index < -0.39 is 0 Å². The Labute approximate surface area is 146 Å². The molecule has 0 bridgehead atoms. The van der Waals surface area contributed by atoms with Crippen LogP contribution >= 0.6 is 0 Å². The quantitative estimate of drug-likeness (QED) is 0.796. The van der Waals surface area contributed by atoms with Crippen LogP contribution in [0.4, 0.5) is 0 Å². The zero-order valence-electron chi connectivity index (χ0n) is 14.7. The predicted molar refractivity (Wildman–Crippen MR) is 96.5 cm³/mol. The summed E-state index contributed by atoms with van der Waals surface area (Å²) in [6.07, 6.45) is 3.21. The Kier molecular flexibility index (Phi) is 4.03. The summed E-state index contributed by atoms with van der Waals surface area (Å²) < 4.78 is 4.32. The number of aryl methyl sites for hydroxylation is 2. The van der Waals surface area contributed by atoms with E-state index in [0.717, 1.165) is 60.7 Å². The molecular weight excluding hydrogens is 314 g/mol. The second kappa shape index (κ2) is 6.35. The molecule has 1 aliphatic rings. The summed E-state index contributed by atoms with van der Waals surface area (Å²) in [5.41, 5.74) is 3.72. The maximum atomic E-state index is 12.7. The van der Waals surface area contributed by atoms with Crippen molar-refractivity contribution in [1.29, 1.82) is 0 Å². The second-order valence-corrected chi connectivity index (χ2v) is 6.51. The van der Waals surface area contributed by atoms with Crippen LogP contribution in [0.15, 0.2) is 24.3 Å². The van der Waals surface area contributed by atoms with Crippen molar-refractivity contribution in [2.24, 2.45) is 0 Å². The Morgan fingerprint density at radius 2 is 2.08 bits per heavy atom. The Morgan fingerprint density at radius 1 is 1.24 bits per heavy atom. The van der Waals surface area contributed by atoms with Crippen LogP contribution < -0.4 is 5.32 Å². The highest BCUT2D eigenvalue weighted by Gasteiger charge is 2.22. The predicted octanol–water partition coefficient (Wildman–Crippen LogP) is 2.83. The van der Waals surface area contributed by atoms with Crippen LogP contribution in [-0.4, -0.2) is 25.0 Å². The molecule has 0 aliphatic carbocycles. The molecule has 1 N–H and O–H groups in total. The van der Waals surface area contributed by atoms with Gasteiger partial charge in [-0.3, -0.25) is 4.79 Å². The van der Waals surface area contributed by atoms with Gasteiger partial charge in [0.25, 0.3) is 5.91 Å². The van der Waals surface area contributed by atoms with Gasteiger partial charge in [-0.25, -0.2) is 9.97 Å². The van der Waals surface area contributed by atoms with Crippen molar-refractivity contribution < 1.29 is 4.79 Å². The number of aromatic nitrogens is 4. The molecule has 0 atom stereocenters. The van der Waals surface area contributed by atoms with Crippen molar-refractivity contribution in [2.75, 3.05) is 0 Å². The minimum atomic E-state index is -0.103. The molecule has 0 radical (unpaired) electrons. The zero-order valence-corrected chi connectivity index (χ0v) is 14.7. The highest BCUT2D eigenvalue weighted by Crippen LogP contribution is 2.21. The van der Waals surface area contributed by atoms with Crippen molar-refractivity contribution in [3.63, 3.8) is 0 Å². The van der Waals surface area contributed by atoms with E-state index in [4.69, 9.17) is 0 Å². The van der Waals surface area contributed by atoms with Gasteiger partial charge in [0.2, 0.25) is 0 Å². The first-order valence-electron chi connectivity index (χ1n) is 8.97. The van der Waals surface area contributed by atoms with Gasteiger partial charge in [-0.15, -0.1) is 0 Å². The number of fused-ring (bicyclic) bond motifs is 2.